The molecule has 0 saturated carbocycles. The Balaban J connectivity index is 1.31. The zero-order valence-corrected chi connectivity index (χ0v) is 25.5. The van der Waals surface area contributed by atoms with Crippen molar-refractivity contribution in [3.8, 4) is 16.9 Å². The van der Waals surface area contributed by atoms with Gasteiger partial charge in [0.2, 0.25) is 0 Å². The lowest BCUT2D eigenvalue weighted by Crippen LogP contribution is -2.38. The van der Waals surface area contributed by atoms with Crippen molar-refractivity contribution < 1.29 is 23.8 Å². The molecule has 1 aliphatic heterocycles. The maximum absolute atomic E-state index is 12.5. The second-order valence-corrected chi connectivity index (χ2v) is 11.9. The highest BCUT2D eigenvalue weighted by Gasteiger charge is 2.17. The quantitative estimate of drug-likeness (QED) is 0.178. The summed E-state index contributed by atoms with van der Waals surface area (Å²) in [6, 6.07) is 15.4. The van der Waals surface area contributed by atoms with Crippen molar-refractivity contribution in [2.45, 2.75) is 26.4 Å². The molecule has 5 rings (SSSR count). The number of carbonyl (C=O) groups excluding carboxylic acids is 2. The van der Waals surface area contributed by atoms with Crippen LogP contribution in [0, 0.1) is 0 Å². The van der Waals surface area contributed by atoms with Gasteiger partial charge in [-0.1, -0.05) is 23.7 Å². The lowest BCUT2D eigenvalue weighted by molar-refractivity contribution is 0.0322. The molecule has 0 spiro atoms. The molecule has 10 nitrogen and oxygen atoms in total. The minimum absolute atomic E-state index is 0.390. The topological polar surface area (TPSA) is 131 Å². The Morgan fingerprint density at radius 3 is 2.53 bits per heavy atom. The first kappa shape index (κ1) is 30.5. The number of nitrogens with two attached hydrogens (primary N) is 1. The summed E-state index contributed by atoms with van der Waals surface area (Å²) < 4.78 is 16.6. The largest absolute Gasteiger partial charge is 0.491 e. The van der Waals surface area contributed by atoms with E-state index in [2.05, 4.69) is 20.5 Å². The maximum Gasteiger partial charge on any atom is 0.407 e. The van der Waals surface area contributed by atoms with Crippen molar-refractivity contribution in [3.63, 3.8) is 0 Å². The lowest BCUT2D eigenvalue weighted by Gasteiger charge is -2.26. The number of primary amides is 1. The van der Waals surface area contributed by atoms with E-state index in [0.29, 0.717) is 41.5 Å². The molecule has 1 aliphatic rings. The molecule has 5 N–H and O–H groups in total. The molecular weight excluding hydrogens is 570 g/mol. The van der Waals surface area contributed by atoms with E-state index in [9.17, 15) is 9.59 Å². The summed E-state index contributed by atoms with van der Waals surface area (Å²) in [6.07, 6.45) is -0.456. The van der Waals surface area contributed by atoms with Crippen LogP contribution in [0.5, 0.6) is 5.75 Å². The number of alkyl carbamates (subject to hydrolysis) is 1. The van der Waals surface area contributed by atoms with Crippen LogP contribution in [0.4, 0.5) is 10.5 Å². The second-order valence-electron chi connectivity index (χ2n) is 11.5. The molecule has 1 saturated heterocycles. The number of halogens is 1. The number of aromatic nitrogens is 1. The Labute approximate surface area is 255 Å². The van der Waals surface area contributed by atoms with Crippen molar-refractivity contribution in [3.05, 3.63) is 59.1 Å². The highest BCUT2D eigenvalue weighted by Crippen LogP contribution is 2.36. The normalized spacial score (nSPS) is 14.1. The molecule has 0 aliphatic carbocycles. The predicted octanol–water partition coefficient (Wildman–Crippen LogP) is 5.39. The van der Waals surface area contributed by atoms with Gasteiger partial charge >= 0.3 is 6.09 Å². The van der Waals surface area contributed by atoms with Crippen LogP contribution >= 0.6 is 11.6 Å². The summed E-state index contributed by atoms with van der Waals surface area (Å²) in [6.45, 7) is 11.0. The lowest BCUT2D eigenvalue weighted by atomic mass is 9.98. The number of benzene rings is 3. The van der Waals surface area contributed by atoms with Gasteiger partial charge in [0.1, 0.15) is 18.0 Å². The van der Waals surface area contributed by atoms with E-state index in [1.165, 1.54) is 0 Å². The molecule has 1 fully saturated rings. The summed E-state index contributed by atoms with van der Waals surface area (Å²) in [4.78, 5) is 30.1. The number of ether oxygens (including phenoxy) is 3. The van der Waals surface area contributed by atoms with Gasteiger partial charge in [0.15, 0.2) is 0 Å². The minimum atomic E-state index is -0.547. The number of H-pyrrole nitrogens is 1. The molecule has 11 heteroatoms. The Kier molecular flexibility index (Phi) is 9.29. The molecule has 2 heterocycles. The number of hydrogen-bond acceptors (Lipinski definition) is 7. The van der Waals surface area contributed by atoms with Crippen LogP contribution in [0.15, 0.2) is 48.5 Å². The van der Waals surface area contributed by atoms with Gasteiger partial charge in [0.05, 0.1) is 29.3 Å². The summed E-state index contributed by atoms with van der Waals surface area (Å²) >= 11 is 6.62. The summed E-state index contributed by atoms with van der Waals surface area (Å²) in [5, 5.41) is 8.36. The molecular formula is C32H38ClN5O5. The van der Waals surface area contributed by atoms with Crippen molar-refractivity contribution >= 4 is 51.1 Å². The third-order valence-electron chi connectivity index (χ3n) is 7.13. The van der Waals surface area contributed by atoms with Crippen LogP contribution in [-0.2, 0) is 9.47 Å². The molecule has 0 atom stereocenters. The molecule has 4 aromatic rings. The molecule has 0 unspecified atom stereocenters. The van der Waals surface area contributed by atoms with Crippen LogP contribution in [0.3, 0.4) is 0 Å². The standard InChI is InChI=1S/C32H38ClN5O5/c1-32(2,3)43-31(40)36-9-8-35-22-5-6-23-24-16-21(17-25(30(34)39)29(24)37-27(23)19-22)20-4-7-28(26(33)18-20)42-15-12-38-10-13-41-14-11-38/h4-7,16-19,35,37H,8-15H2,1-3H3,(H2,34,39)(H,36,40). The summed E-state index contributed by atoms with van der Waals surface area (Å²) in [5.74, 6) is 0.0856. The molecule has 3 aromatic carbocycles. The number of nitrogens with one attached hydrogen (secondary N) is 3. The number of rotatable bonds is 10. The van der Waals surface area contributed by atoms with E-state index in [4.69, 9.17) is 31.5 Å². The Hall–Kier alpha value is -3.99. The first-order chi connectivity index (χ1) is 20.6. The van der Waals surface area contributed by atoms with Gasteiger partial charge < -0.3 is 35.6 Å². The average molecular weight is 608 g/mol. The van der Waals surface area contributed by atoms with Gasteiger partial charge in [-0.05, 0) is 68.3 Å². The van der Waals surface area contributed by atoms with Crippen LogP contribution in [-0.4, -0.2) is 80.0 Å². The van der Waals surface area contributed by atoms with Gasteiger partial charge in [-0.2, -0.15) is 0 Å². The van der Waals surface area contributed by atoms with Gasteiger partial charge in [-0.15, -0.1) is 0 Å². The number of morpholine rings is 1. The number of aromatic amines is 1. The number of fused-ring (bicyclic) bond motifs is 3. The zero-order valence-electron chi connectivity index (χ0n) is 24.7. The average Bonchev–Trinajstić information content (AvgIpc) is 3.33. The molecule has 0 bridgehead atoms. The first-order valence-electron chi connectivity index (χ1n) is 14.4. The van der Waals surface area contributed by atoms with E-state index in [0.717, 1.165) is 66.0 Å². The number of amides is 2. The van der Waals surface area contributed by atoms with Gasteiger partial charge in [0, 0.05) is 54.7 Å². The zero-order chi connectivity index (χ0) is 30.6. The Morgan fingerprint density at radius 1 is 1.02 bits per heavy atom. The fraction of sp³-hybridized carbons (Fsp3) is 0.375. The molecule has 1 aromatic heterocycles. The second kappa shape index (κ2) is 13.1. The first-order valence-corrected chi connectivity index (χ1v) is 14.8. The third-order valence-corrected chi connectivity index (χ3v) is 7.42. The number of carbonyl (C=O) groups is 2. The Morgan fingerprint density at radius 2 is 1.81 bits per heavy atom. The maximum atomic E-state index is 12.5. The molecule has 2 amide bonds. The van der Waals surface area contributed by atoms with Crippen molar-refractivity contribution in [2.24, 2.45) is 5.73 Å². The minimum Gasteiger partial charge on any atom is -0.491 e. The number of hydrogen-bond donors (Lipinski definition) is 4. The monoisotopic (exact) mass is 607 g/mol. The van der Waals surface area contributed by atoms with Crippen LogP contribution in [0.2, 0.25) is 5.02 Å². The molecule has 0 radical (unpaired) electrons. The van der Waals surface area contributed by atoms with Crippen LogP contribution in [0.1, 0.15) is 31.1 Å². The SMILES string of the molecule is CC(C)(C)OC(=O)NCCNc1ccc2c(c1)[nH]c1c(C(N)=O)cc(-c3ccc(OCCN4CCOCC4)c(Cl)c3)cc12. The van der Waals surface area contributed by atoms with E-state index in [-0.39, 0.29) is 0 Å². The molecule has 43 heavy (non-hydrogen) atoms. The van der Waals surface area contributed by atoms with E-state index in [1.54, 1.807) is 6.07 Å². The van der Waals surface area contributed by atoms with Crippen molar-refractivity contribution in [1.82, 2.24) is 15.2 Å². The Bertz CT molecular complexity index is 1620. The van der Waals surface area contributed by atoms with E-state index in [1.807, 2.05) is 63.2 Å². The highest BCUT2D eigenvalue weighted by molar-refractivity contribution is 6.32. The fourth-order valence-electron chi connectivity index (χ4n) is 5.07. The van der Waals surface area contributed by atoms with Gasteiger partial charge in [-0.25, -0.2) is 4.79 Å². The fourth-order valence-corrected chi connectivity index (χ4v) is 5.30. The summed E-state index contributed by atoms with van der Waals surface area (Å²) in [7, 11) is 0. The summed E-state index contributed by atoms with van der Waals surface area (Å²) in [5.41, 5.74) is 9.71. The molecule has 228 valence electrons. The van der Waals surface area contributed by atoms with Crippen molar-refractivity contribution in [2.75, 3.05) is 57.9 Å². The van der Waals surface area contributed by atoms with E-state index < -0.39 is 17.6 Å². The number of anilines is 1. The van der Waals surface area contributed by atoms with Gasteiger partial charge in [0.25, 0.3) is 5.91 Å². The highest BCUT2D eigenvalue weighted by atomic mass is 35.5. The van der Waals surface area contributed by atoms with Crippen LogP contribution in [0.25, 0.3) is 32.9 Å². The smallest absolute Gasteiger partial charge is 0.407 e. The predicted molar refractivity (Wildman–Crippen MR) is 170 cm³/mol. The van der Waals surface area contributed by atoms with Gasteiger partial charge in [-0.3, -0.25) is 9.69 Å². The number of nitrogens with zero attached hydrogens (tertiary/aromatic N) is 1. The third kappa shape index (κ3) is 7.70. The van der Waals surface area contributed by atoms with Crippen molar-refractivity contribution in [1.29, 1.82) is 0 Å². The van der Waals surface area contributed by atoms with E-state index >= 15 is 0 Å². The van der Waals surface area contributed by atoms with Crippen LogP contribution < -0.4 is 21.1 Å².